The Kier molecular flexibility index (Phi) is 26.3. The summed E-state index contributed by atoms with van der Waals surface area (Å²) in [5.74, 6) is -3.60. The number of likely N-dealkylation sites (N-methyl/N-ethyl adjacent to an activating group) is 2. The molecule has 2 aliphatic rings. The molecule has 1 aromatic rings. The van der Waals surface area contributed by atoms with Crippen LogP contribution in [0.25, 0.3) is 0 Å². The molecule has 1 aliphatic carbocycles. The summed E-state index contributed by atoms with van der Waals surface area (Å²) in [6.07, 6.45) is 5.00. The van der Waals surface area contributed by atoms with E-state index in [4.69, 9.17) is 9.47 Å². The van der Waals surface area contributed by atoms with E-state index in [-0.39, 0.29) is 91.1 Å². The summed E-state index contributed by atoms with van der Waals surface area (Å²) in [6.45, 7) is 15.5. The maximum atomic E-state index is 14.5. The van der Waals surface area contributed by atoms with Gasteiger partial charge in [-0.1, -0.05) is 92.9 Å². The highest BCUT2D eigenvalue weighted by Crippen LogP contribution is 2.50. The summed E-state index contributed by atoms with van der Waals surface area (Å²) in [5, 5.41) is 15.3. The number of aliphatic carboxylic acids is 1. The Morgan fingerprint density at radius 2 is 1.56 bits per heavy atom. The standard InChI is InChI=1S/C54H87FN6O11S/c1-13-35(6)50(44(71-11)30-47(65)61-42-28-39(42)29-43(61)51(72-12)37(8)52(67)57-41(54(69)70)27-38-21-16-17-22-40(38)55)59(10)48(66)31-56-53(68)49(34(4)5)58(9)45(63)23-15-14-18-24-60(32-62)46(64)26-36(7)73-25-19-20-33(2)3/h16-17,21-22,32-37,39,41-44,49-51H,13-15,18-20,23-31H2,1-12H3,(H,56,68)(H,57,67)(H,69,70)/t35-,36?,37+,39?,41-,42?,43-,44?,49-,50-,51+/m0/s1. The molecule has 3 rings (SSSR count). The predicted molar refractivity (Wildman–Crippen MR) is 279 cm³/mol. The summed E-state index contributed by atoms with van der Waals surface area (Å²) in [5.41, 5.74) is 0.148. The van der Waals surface area contributed by atoms with Crippen LogP contribution in [0.3, 0.4) is 0 Å². The first-order valence-electron chi connectivity index (χ1n) is 26.3. The van der Waals surface area contributed by atoms with Gasteiger partial charge in [0.15, 0.2) is 0 Å². The van der Waals surface area contributed by atoms with Crippen molar-refractivity contribution in [3.05, 3.63) is 35.6 Å². The van der Waals surface area contributed by atoms with Crippen LogP contribution in [-0.2, 0) is 54.3 Å². The molecule has 0 aromatic heterocycles. The molecule has 0 bridgehead atoms. The number of carboxylic acids is 1. The van der Waals surface area contributed by atoms with Gasteiger partial charge in [-0.25, -0.2) is 9.18 Å². The minimum absolute atomic E-state index is 0.0743. The number of nitrogens with zero attached hydrogens (tertiary/aromatic N) is 4. The molecule has 2 fully saturated rings. The average Bonchev–Trinajstić information content (AvgIpc) is 4.00. The molecule has 3 N–H and O–H groups in total. The van der Waals surface area contributed by atoms with E-state index in [1.54, 1.807) is 43.7 Å². The zero-order valence-corrected chi connectivity index (χ0v) is 46.4. The zero-order valence-electron chi connectivity index (χ0n) is 45.6. The number of carbonyl (C=O) groups is 8. The Morgan fingerprint density at radius 1 is 0.877 bits per heavy atom. The highest BCUT2D eigenvalue weighted by atomic mass is 32.2. The molecular formula is C54H87FN6O11S. The van der Waals surface area contributed by atoms with Gasteiger partial charge in [0.2, 0.25) is 41.9 Å². The molecule has 0 spiro atoms. The highest BCUT2D eigenvalue weighted by molar-refractivity contribution is 7.99. The van der Waals surface area contributed by atoms with Crippen LogP contribution in [0.1, 0.15) is 132 Å². The van der Waals surface area contributed by atoms with E-state index in [1.165, 1.54) is 47.1 Å². The van der Waals surface area contributed by atoms with Crippen molar-refractivity contribution in [1.29, 1.82) is 0 Å². The van der Waals surface area contributed by atoms with E-state index in [0.29, 0.717) is 44.4 Å². The molecular weight excluding hydrogens is 960 g/mol. The number of ether oxygens (including phenoxy) is 2. The number of carbonyl (C=O) groups excluding carboxylic acids is 7. The van der Waals surface area contributed by atoms with Crippen LogP contribution >= 0.6 is 11.8 Å². The molecule has 11 atom stereocenters. The molecule has 1 saturated heterocycles. The maximum absolute atomic E-state index is 14.5. The Labute approximate surface area is 438 Å². The summed E-state index contributed by atoms with van der Waals surface area (Å²) in [7, 11) is 6.11. The molecule has 73 heavy (non-hydrogen) atoms. The third-order valence-electron chi connectivity index (χ3n) is 14.8. The van der Waals surface area contributed by atoms with Crippen molar-refractivity contribution >= 4 is 59.6 Å². The van der Waals surface area contributed by atoms with Crippen LogP contribution in [0.5, 0.6) is 0 Å². The minimum Gasteiger partial charge on any atom is -0.480 e. The number of hydrogen-bond acceptors (Lipinski definition) is 11. The van der Waals surface area contributed by atoms with Gasteiger partial charge in [0.25, 0.3) is 0 Å². The van der Waals surface area contributed by atoms with Gasteiger partial charge in [0.1, 0.15) is 17.9 Å². The van der Waals surface area contributed by atoms with Gasteiger partial charge in [-0.2, -0.15) is 11.8 Å². The van der Waals surface area contributed by atoms with Crippen molar-refractivity contribution in [2.75, 3.05) is 47.2 Å². The van der Waals surface area contributed by atoms with E-state index in [2.05, 4.69) is 24.5 Å². The van der Waals surface area contributed by atoms with Crippen LogP contribution in [0.15, 0.2) is 24.3 Å². The molecule has 412 valence electrons. The van der Waals surface area contributed by atoms with Gasteiger partial charge in [0.05, 0.1) is 43.2 Å². The number of imide groups is 1. The zero-order chi connectivity index (χ0) is 54.7. The third kappa shape index (κ3) is 18.6. The Bertz CT molecular complexity index is 2000. The van der Waals surface area contributed by atoms with E-state index < -0.39 is 71.8 Å². The lowest BCUT2D eigenvalue weighted by Gasteiger charge is -2.40. The summed E-state index contributed by atoms with van der Waals surface area (Å²) in [6, 6.07) is 2.35. The minimum atomic E-state index is -1.40. The van der Waals surface area contributed by atoms with E-state index >= 15 is 0 Å². The number of amides is 7. The number of nitrogens with one attached hydrogen (secondary N) is 2. The van der Waals surface area contributed by atoms with Crippen molar-refractivity contribution in [2.24, 2.45) is 29.6 Å². The number of hydrogen-bond donors (Lipinski definition) is 3. The second-order valence-electron chi connectivity index (χ2n) is 21.0. The van der Waals surface area contributed by atoms with E-state index in [1.807, 2.05) is 34.6 Å². The quantitative estimate of drug-likeness (QED) is 0.0540. The molecule has 1 aromatic carbocycles. The Balaban J connectivity index is 1.59. The number of fused-ring (bicyclic) bond motifs is 1. The van der Waals surface area contributed by atoms with Crippen molar-refractivity contribution in [1.82, 2.24) is 30.2 Å². The fourth-order valence-corrected chi connectivity index (χ4v) is 11.2. The molecule has 1 heterocycles. The predicted octanol–water partition coefficient (Wildman–Crippen LogP) is 5.95. The number of piperidine rings is 1. The number of methoxy groups -OCH3 is 2. The first-order chi connectivity index (χ1) is 34.5. The fourth-order valence-electron chi connectivity index (χ4n) is 10.2. The molecule has 1 aliphatic heterocycles. The van der Waals surface area contributed by atoms with Gasteiger partial charge in [-0.05, 0) is 73.2 Å². The van der Waals surface area contributed by atoms with E-state index in [9.17, 15) is 47.9 Å². The topological polar surface area (TPSA) is 212 Å². The van der Waals surface area contributed by atoms with Crippen LogP contribution in [-0.4, -0.2) is 167 Å². The first kappa shape index (κ1) is 62.7. The fraction of sp³-hybridized carbons (Fsp3) is 0.741. The number of benzene rings is 1. The number of rotatable bonds is 34. The SMILES string of the molecule is CC[C@H](C)[C@@H](C(CC(=O)N1C2CC2C[C@H]1[C@H](OC)[C@@H](C)C(=O)N[C@@H](Cc1ccccc1F)C(=O)O)OC)N(C)C(=O)CNC(=O)[C@H](C(C)C)N(C)C(=O)CCCCCN(C=O)C(=O)CC(C)SCCCC(C)C. The summed E-state index contributed by atoms with van der Waals surface area (Å²) in [4.78, 5) is 112. The van der Waals surface area contributed by atoms with Crippen LogP contribution < -0.4 is 10.6 Å². The van der Waals surface area contributed by atoms with Crippen molar-refractivity contribution in [3.8, 4) is 0 Å². The molecule has 1 saturated carbocycles. The molecule has 4 unspecified atom stereocenters. The first-order valence-corrected chi connectivity index (χ1v) is 27.4. The smallest absolute Gasteiger partial charge is 0.326 e. The summed E-state index contributed by atoms with van der Waals surface area (Å²) < 4.78 is 26.3. The monoisotopic (exact) mass is 1050 g/mol. The van der Waals surface area contributed by atoms with Crippen LogP contribution in [0, 0.1) is 35.4 Å². The van der Waals surface area contributed by atoms with Gasteiger partial charge in [-0.3, -0.25) is 38.5 Å². The third-order valence-corrected chi connectivity index (χ3v) is 16.0. The number of likely N-dealkylation sites (tertiary alicyclic amines) is 1. The highest BCUT2D eigenvalue weighted by Gasteiger charge is 2.57. The number of unbranched alkanes of at least 4 members (excludes halogenated alkanes) is 2. The van der Waals surface area contributed by atoms with Crippen LogP contribution in [0.2, 0.25) is 0 Å². The molecule has 0 radical (unpaired) electrons. The second kappa shape index (κ2) is 30.7. The maximum Gasteiger partial charge on any atom is 0.326 e. The Hall–Kier alpha value is -4.62. The van der Waals surface area contributed by atoms with Crippen molar-refractivity contribution < 1.29 is 57.3 Å². The number of halogens is 1. The Morgan fingerprint density at radius 3 is 2.15 bits per heavy atom. The van der Waals surface area contributed by atoms with Crippen molar-refractivity contribution in [3.63, 3.8) is 0 Å². The second-order valence-corrected chi connectivity index (χ2v) is 22.6. The molecule has 17 nitrogen and oxygen atoms in total. The number of carboxylic acid groups (broad SMARTS) is 1. The summed E-state index contributed by atoms with van der Waals surface area (Å²) >= 11 is 1.74. The lowest BCUT2D eigenvalue weighted by Crippen LogP contribution is -2.56. The van der Waals surface area contributed by atoms with Gasteiger partial charge in [-0.15, -0.1) is 0 Å². The number of thioether (sulfide) groups is 1. The van der Waals surface area contributed by atoms with Gasteiger partial charge < -0.3 is 39.9 Å². The van der Waals surface area contributed by atoms with Crippen LogP contribution in [0.4, 0.5) is 4.39 Å². The lowest BCUT2D eigenvalue weighted by molar-refractivity contribution is -0.148. The van der Waals surface area contributed by atoms with Gasteiger partial charge >= 0.3 is 5.97 Å². The van der Waals surface area contributed by atoms with E-state index in [0.717, 1.165) is 25.0 Å². The van der Waals surface area contributed by atoms with Gasteiger partial charge in [0, 0.05) is 65.4 Å². The lowest BCUT2D eigenvalue weighted by atomic mass is 9.90. The molecule has 19 heteroatoms. The largest absolute Gasteiger partial charge is 0.480 e. The normalized spacial score (nSPS) is 19.4. The average molecular weight is 1050 g/mol. The molecule has 7 amide bonds. The van der Waals surface area contributed by atoms with Crippen molar-refractivity contribution in [2.45, 2.75) is 180 Å².